The third kappa shape index (κ3) is 3.84. The van der Waals surface area contributed by atoms with Crippen LogP contribution in [0.3, 0.4) is 0 Å². The summed E-state index contributed by atoms with van der Waals surface area (Å²) in [7, 11) is -2.19. The van der Waals surface area contributed by atoms with E-state index in [9.17, 15) is 13.2 Å². The fraction of sp³-hybridized carbons (Fsp3) is 0.588. The van der Waals surface area contributed by atoms with Crippen LogP contribution in [0.1, 0.15) is 43.4 Å². The van der Waals surface area contributed by atoms with Crippen molar-refractivity contribution in [2.45, 2.75) is 58.1 Å². The van der Waals surface area contributed by atoms with Gasteiger partial charge in [-0.3, -0.25) is 14.5 Å². The molecule has 1 aliphatic heterocycles. The summed E-state index contributed by atoms with van der Waals surface area (Å²) < 4.78 is 35.4. The Labute approximate surface area is 164 Å². The van der Waals surface area contributed by atoms with E-state index < -0.39 is 21.7 Å². The van der Waals surface area contributed by atoms with Crippen molar-refractivity contribution in [2.75, 3.05) is 11.3 Å². The summed E-state index contributed by atoms with van der Waals surface area (Å²) in [4.78, 5) is 14.1. The largest absolute Gasteiger partial charge is 0.444 e. The second kappa shape index (κ2) is 6.80. The van der Waals surface area contributed by atoms with Gasteiger partial charge >= 0.3 is 6.09 Å². The summed E-state index contributed by atoms with van der Waals surface area (Å²) in [6.45, 7) is 9.38. The maximum Gasteiger partial charge on any atom is 0.410 e. The van der Waals surface area contributed by atoms with Crippen LogP contribution in [0.2, 0.25) is 0 Å². The van der Waals surface area contributed by atoms with Crippen molar-refractivity contribution in [3.05, 3.63) is 22.6 Å². The summed E-state index contributed by atoms with van der Waals surface area (Å²) in [5.74, 6) is 0.336. The molecular formula is C17H26N6O4S. The third-order valence-electron chi connectivity index (χ3n) is 4.41. The number of nitrogens with zero attached hydrogens (tertiary/aromatic N) is 4. The van der Waals surface area contributed by atoms with Crippen LogP contribution < -0.4 is 4.72 Å². The van der Waals surface area contributed by atoms with E-state index in [2.05, 4.69) is 20.0 Å². The van der Waals surface area contributed by atoms with Gasteiger partial charge in [-0.15, -0.1) is 0 Å². The molecule has 3 heterocycles. The number of aryl methyl sites for hydroxylation is 3. The summed E-state index contributed by atoms with van der Waals surface area (Å²) in [6, 6.07) is 0. The summed E-state index contributed by atoms with van der Waals surface area (Å²) >= 11 is 0. The van der Waals surface area contributed by atoms with E-state index in [0.29, 0.717) is 35.7 Å². The quantitative estimate of drug-likeness (QED) is 0.796. The molecule has 0 bridgehead atoms. The highest BCUT2D eigenvalue weighted by Gasteiger charge is 2.32. The van der Waals surface area contributed by atoms with Gasteiger partial charge in [0.15, 0.2) is 0 Å². The molecule has 154 valence electrons. The average Bonchev–Trinajstić information content (AvgIpc) is 3.05. The van der Waals surface area contributed by atoms with Gasteiger partial charge in [0.25, 0.3) is 10.0 Å². The predicted molar refractivity (Wildman–Crippen MR) is 102 cm³/mol. The molecule has 3 rings (SSSR count). The second-order valence-electron chi connectivity index (χ2n) is 7.92. The number of nitrogens with one attached hydrogen (secondary N) is 2. The number of aromatic nitrogens is 4. The first-order chi connectivity index (χ1) is 12.9. The molecule has 28 heavy (non-hydrogen) atoms. The number of hydrogen-bond acceptors (Lipinski definition) is 6. The fourth-order valence-electron chi connectivity index (χ4n) is 3.23. The Morgan fingerprint density at radius 3 is 2.54 bits per heavy atom. The van der Waals surface area contributed by atoms with Gasteiger partial charge in [0, 0.05) is 25.6 Å². The Balaban J connectivity index is 1.90. The van der Waals surface area contributed by atoms with Crippen LogP contribution in [0.25, 0.3) is 0 Å². The molecule has 0 saturated heterocycles. The molecule has 0 fully saturated rings. The number of aromatic amines is 1. The highest BCUT2D eigenvalue weighted by atomic mass is 32.2. The zero-order valence-corrected chi connectivity index (χ0v) is 17.8. The van der Waals surface area contributed by atoms with Gasteiger partial charge in [0.2, 0.25) is 0 Å². The number of amides is 1. The molecule has 1 aliphatic rings. The lowest BCUT2D eigenvalue weighted by molar-refractivity contribution is 0.0224. The average molecular weight is 411 g/mol. The molecule has 0 aromatic carbocycles. The van der Waals surface area contributed by atoms with Crippen LogP contribution in [-0.2, 0) is 34.8 Å². The second-order valence-corrected chi connectivity index (χ2v) is 9.54. The van der Waals surface area contributed by atoms with Gasteiger partial charge in [0.05, 0.1) is 23.6 Å². The number of carbonyl (C=O) groups excluding carboxylic acids is 1. The summed E-state index contributed by atoms with van der Waals surface area (Å²) in [5.41, 5.74) is 1.67. The topological polar surface area (TPSA) is 122 Å². The molecule has 1 amide bonds. The van der Waals surface area contributed by atoms with E-state index in [1.807, 2.05) is 0 Å². The fourth-order valence-corrected chi connectivity index (χ4v) is 4.72. The Kier molecular flexibility index (Phi) is 4.90. The predicted octanol–water partition coefficient (Wildman–Crippen LogP) is 1.85. The number of H-pyrrole nitrogens is 1. The lowest BCUT2D eigenvalue weighted by Gasteiger charge is -2.29. The lowest BCUT2D eigenvalue weighted by Crippen LogP contribution is -2.40. The van der Waals surface area contributed by atoms with Crippen LogP contribution in [0.15, 0.2) is 4.90 Å². The Morgan fingerprint density at radius 1 is 1.29 bits per heavy atom. The molecule has 0 atom stereocenters. The van der Waals surface area contributed by atoms with E-state index >= 15 is 0 Å². The minimum Gasteiger partial charge on any atom is -0.444 e. The molecule has 0 unspecified atom stereocenters. The van der Waals surface area contributed by atoms with Crippen LogP contribution in [-0.4, -0.2) is 51.5 Å². The molecule has 11 heteroatoms. The number of ether oxygens (including phenoxy) is 1. The first-order valence-electron chi connectivity index (χ1n) is 8.96. The van der Waals surface area contributed by atoms with Gasteiger partial charge in [-0.1, -0.05) is 0 Å². The number of carbonyl (C=O) groups is 1. The van der Waals surface area contributed by atoms with E-state index in [1.165, 1.54) is 4.68 Å². The molecule has 2 aromatic rings. The van der Waals surface area contributed by atoms with Crippen molar-refractivity contribution in [1.82, 2.24) is 24.9 Å². The minimum absolute atomic E-state index is 0.113. The van der Waals surface area contributed by atoms with Gasteiger partial charge in [-0.25, -0.2) is 13.2 Å². The van der Waals surface area contributed by atoms with Gasteiger partial charge in [-0.2, -0.15) is 10.2 Å². The first kappa shape index (κ1) is 20.2. The SMILES string of the molecule is Cc1n[nH]c(C)c1S(=O)(=O)Nc1c2c(nn1C)CCN(C(=O)OC(C)(C)C)C2. The molecular weight excluding hydrogens is 384 g/mol. The molecule has 0 aliphatic carbocycles. The highest BCUT2D eigenvalue weighted by Crippen LogP contribution is 2.29. The Hall–Kier alpha value is -2.56. The molecule has 0 spiro atoms. The van der Waals surface area contributed by atoms with Crippen molar-refractivity contribution in [3.63, 3.8) is 0 Å². The number of sulfonamides is 1. The van der Waals surface area contributed by atoms with Gasteiger partial charge < -0.3 is 9.64 Å². The summed E-state index contributed by atoms with van der Waals surface area (Å²) in [6.07, 6.45) is 0.0887. The van der Waals surface area contributed by atoms with Crippen molar-refractivity contribution in [1.29, 1.82) is 0 Å². The first-order valence-corrected chi connectivity index (χ1v) is 10.4. The number of rotatable bonds is 3. The van der Waals surface area contributed by atoms with Crippen molar-refractivity contribution in [2.24, 2.45) is 7.05 Å². The number of anilines is 1. The zero-order chi connectivity index (χ0) is 20.9. The number of hydrogen-bond donors (Lipinski definition) is 2. The zero-order valence-electron chi connectivity index (χ0n) is 17.0. The maximum absolute atomic E-state index is 12.9. The molecule has 0 saturated carbocycles. The monoisotopic (exact) mass is 410 g/mol. The smallest absolute Gasteiger partial charge is 0.410 e. The molecule has 2 N–H and O–H groups in total. The standard InChI is InChI=1S/C17H26N6O4S/c1-10-14(11(2)19-18-10)28(25,26)21-15-12-9-23(16(24)27-17(3,4)5)8-7-13(12)20-22(15)6/h21H,7-9H2,1-6H3,(H,18,19). The van der Waals surface area contributed by atoms with Crippen LogP contribution in [0, 0.1) is 13.8 Å². The van der Waals surface area contributed by atoms with Crippen LogP contribution in [0.5, 0.6) is 0 Å². The van der Waals surface area contributed by atoms with Crippen molar-refractivity contribution >= 4 is 21.9 Å². The van der Waals surface area contributed by atoms with E-state index in [1.54, 1.807) is 46.6 Å². The van der Waals surface area contributed by atoms with E-state index in [-0.39, 0.29) is 11.4 Å². The molecule has 2 aromatic heterocycles. The lowest BCUT2D eigenvalue weighted by atomic mass is 10.1. The molecule has 10 nitrogen and oxygen atoms in total. The van der Waals surface area contributed by atoms with Crippen LogP contribution >= 0.6 is 0 Å². The normalized spacial score (nSPS) is 14.7. The summed E-state index contributed by atoms with van der Waals surface area (Å²) in [5, 5.41) is 11.1. The number of fused-ring (bicyclic) bond motifs is 1. The van der Waals surface area contributed by atoms with Gasteiger partial charge in [-0.05, 0) is 34.6 Å². The van der Waals surface area contributed by atoms with E-state index in [0.717, 1.165) is 5.69 Å². The highest BCUT2D eigenvalue weighted by molar-refractivity contribution is 7.92. The van der Waals surface area contributed by atoms with Crippen molar-refractivity contribution < 1.29 is 17.9 Å². The van der Waals surface area contributed by atoms with Crippen LogP contribution in [0.4, 0.5) is 10.6 Å². The Morgan fingerprint density at radius 2 is 1.96 bits per heavy atom. The van der Waals surface area contributed by atoms with Gasteiger partial charge in [0.1, 0.15) is 16.3 Å². The third-order valence-corrected chi connectivity index (χ3v) is 6.01. The minimum atomic E-state index is -3.86. The van der Waals surface area contributed by atoms with Crippen molar-refractivity contribution in [3.8, 4) is 0 Å². The van der Waals surface area contributed by atoms with E-state index in [4.69, 9.17) is 4.74 Å². The Bertz CT molecular complexity index is 996. The molecule has 0 radical (unpaired) electrons. The maximum atomic E-state index is 12.9.